The van der Waals surface area contributed by atoms with Crippen LogP contribution in [0.15, 0.2) is 12.1 Å². The van der Waals surface area contributed by atoms with Gasteiger partial charge in [-0.3, -0.25) is 9.59 Å². The molecule has 0 saturated heterocycles. The number of aryl methyl sites for hydroxylation is 2. The molecule has 1 rings (SSSR count). The van der Waals surface area contributed by atoms with Gasteiger partial charge in [0, 0.05) is 12.7 Å². The highest BCUT2D eigenvalue weighted by atomic mass is 16.2. The topological polar surface area (TPSA) is 63.4 Å². The lowest BCUT2D eigenvalue weighted by Crippen LogP contribution is -2.38. The lowest BCUT2D eigenvalue weighted by Gasteiger charge is -2.25. The predicted octanol–water partition coefficient (Wildman–Crippen LogP) is 2.05. The fourth-order valence-corrected chi connectivity index (χ4v) is 2.18. The summed E-state index contributed by atoms with van der Waals surface area (Å²) in [7, 11) is 1.57. The molecule has 0 spiro atoms. The minimum absolute atomic E-state index is 0.0420. The van der Waals surface area contributed by atoms with Crippen LogP contribution in [0.4, 0.5) is 5.69 Å². The summed E-state index contributed by atoms with van der Waals surface area (Å²) in [6.07, 6.45) is 0. The number of carbonyl (C=O) groups is 2. The number of benzene rings is 1. The average Bonchev–Trinajstić information content (AvgIpc) is 2.25. The smallest absolute Gasteiger partial charge is 0.315 e. The van der Waals surface area contributed by atoms with Gasteiger partial charge in [0.25, 0.3) is 0 Å². The Kier molecular flexibility index (Phi) is 4.03. The van der Waals surface area contributed by atoms with Gasteiger partial charge in [-0.1, -0.05) is 32.9 Å². The lowest BCUT2D eigenvalue weighted by molar-refractivity contribution is -0.135. The van der Waals surface area contributed by atoms with Crippen LogP contribution in [0.5, 0.6) is 0 Å². The van der Waals surface area contributed by atoms with E-state index in [0.29, 0.717) is 0 Å². The zero-order valence-electron chi connectivity index (χ0n) is 12.5. The van der Waals surface area contributed by atoms with Gasteiger partial charge < -0.3 is 10.6 Å². The Morgan fingerprint density at radius 3 is 1.84 bits per heavy atom. The highest BCUT2D eigenvalue weighted by Gasteiger charge is 2.22. The molecule has 0 atom stereocenters. The average molecular weight is 262 g/mol. The zero-order chi connectivity index (χ0) is 15.0. The molecule has 1 aromatic rings. The maximum absolute atomic E-state index is 11.7. The van der Waals surface area contributed by atoms with Crippen molar-refractivity contribution in [3.05, 3.63) is 28.8 Å². The number of nitrogens with two attached hydrogens (primary N) is 1. The Balaban J connectivity index is 3.32. The molecule has 19 heavy (non-hydrogen) atoms. The van der Waals surface area contributed by atoms with E-state index in [-0.39, 0.29) is 5.41 Å². The van der Waals surface area contributed by atoms with Crippen molar-refractivity contribution in [3.63, 3.8) is 0 Å². The summed E-state index contributed by atoms with van der Waals surface area (Å²) >= 11 is 0. The lowest BCUT2D eigenvalue weighted by atomic mass is 9.84. The first-order chi connectivity index (χ1) is 8.55. The Hall–Kier alpha value is -1.84. The number of anilines is 1. The van der Waals surface area contributed by atoms with Crippen LogP contribution in [-0.4, -0.2) is 18.9 Å². The number of carbonyl (C=O) groups excluding carboxylic acids is 2. The van der Waals surface area contributed by atoms with Crippen molar-refractivity contribution in [2.24, 2.45) is 5.73 Å². The molecule has 0 aromatic heterocycles. The normalized spacial score (nSPS) is 11.3. The summed E-state index contributed by atoms with van der Waals surface area (Å²) in [5.74, 6) is -1.64. The second-order valence-electron chi connectivity index (χ2n) is 5.94. The van der Waals surface area contributed by atoms with E-state index in [0.717, 1.165) is 16.8 Å². The molecular formula is C15H22N2O2. The molecule has 0 aliphatic rings. The molecule has 0 saturated carbocycles. The quantitative estimate of drug-likeness (QED) is 0.787. The number of nitrogens with zero attached hydrogens (tertiary/aromatic N) is 1. The van der Waals surface area contributed by atoms with Crippen LogP contribution >= 0.6 is 0 Å². The minimum Gasteiger partial charge on any atom is -0.361 e. The number of amides is 2. The van der Waals surface area contributed by atoms with Gasteiger partial charge >= 0.3 is 11.8 Å². The molecule has 0 aliphatic carbocycles. The molecule has 0 unspecified atom stereocenters. The van der Waals surface area contributed by atoms with Crippen LogP contribution in [0.3, 0.4) is 0 Å². The van der Waals surface area contributed by atoms with Crippen LogP contribution < -0.4 is 10.6 Å². The molecule has 0 radical (unpaired) electrons. The van der Waals surface area contributed by atoms with Crippen LogP contribution in [0, 0.1) is 13.8 Å². The second-order valence-corrected chi connectivity index (χ2v) is 5.94. The third kappa shape index (κ3) is 3.13. The number of likely N-dealkylation sites (N-methyl/N-ethyl adjacent to an activating group) is 1. The molecule has 4 heteroatoms. The molecule has 2 N–H and O–H groups in total. The van der Waals surface area contributed by atoms with Crippen molar-refractivity contribution in [2.45, 2.75) is 40.0 Å². The van der Waals surface area contributed by atoms with Crippen LogP contribution in [0.1, 0.15) is 37.5 Å². The third-order valence-electron chi connectivity index (χ3n) is 3.21. The van der Waals surface area contributed by atoms with Crippen LogP contribution in [-0.2, 0) is 15.0 Å². The first-order valence-electron chi connectivity index (χ1n) is 6.25. The van der Waals surface area contributed by atoms with Gasteiger partial charge in [-0.05, 0) is 36.0 Å². The van der Waals surface area contributed by atoms with Gasteiger partial charge in [0.2, 0.25) is 0 Å². The van der Waals surface area contributed by atoms with E-state index in [1.807, 2.05) is 26.0 Å². The zero-order valence-corrected chi connectivity index (χ0v) is 12.5. The first kappa shape index (κ1) is 15.2. The molecule has 0 bridgehead atoms. The Labute approximate surface area is 114 Å². The largest absolute Gasteiger partial charge is 0.361 e. The summed E-state index contributed by atoms with van der Waals surface area (Å²) in [6, 6.07) is 4.10. The predicted molar refractivity (Wildman–Crippen MR) is 77.2 cm³/mol. The van der Waals surface area contributed by atoms with Crippen molar-refractivity contribution >= 4 is 17.5 Å². The fourth-order valence-electron chi connectivity index (χ4n) is 2.18. The molecule has 4 nitrogen and oxygen atoms in total. The van der Waals surface area contributed by atoms with Gasteiger partial charge in [0.15, 0.2) is 0 Å². The van der Waals surface area contributed by atoms with Crippen molar-refractivity contribution in [1.29, 1.82) is 0 Å². The molecule has 104 valence electrons. The van der Waals surface area contributed by atoms with Gasteiger partial charge in [-0.25, -0.2) is 0 Å². The second kappa shape index (κ2) is 5.03. The molecule has 1 aromatic carbocycles. The number of primary amides is 1. The van der Waals surface area contributed by atoms with Crippen LogP contribution in [0.25, 0.3) is 0 Å². The van der Waals surface area contributed by atoms with Gasteiger partial charge in [-0.2, -0.15) is 0 Å². The summed E-state index contributed by atoms with van der Waals surface area (Å²) in [5.41, 5.74) is 8.95. The summed E-state index contributed by atoms with van der Waals surface area (Å²) in [4.78, 5) is 24.0. The molecular weight excluding hydrogens is 240 g/mol. The van der Waals surface area contributed by atoms with Gasteiger partial charge in [-0.15, -0.1) is 0 Å². The molecule has 0 aliphatic heterocycles. The third-order valence-corrected chi connectivity index (χ3v) is 3.21. The van der Waals surface area contributed by atoms with Crippen molar-refractivity contribution in [2.75, 3.05) is 11.9 Å². The minimum atomic E-state index is -0.943. The van der Waals surface area contributed by atoms with E-state index in [1.165, 1.54) is 10.5 Å². The maximum Gasteiger partial charge on any atom is 0.315 e. The van der Waals surface area contributed by atoms with Crippen LogP contribution in [0.2, 0.25) is 0 Å². The highest BCUT2D eigenvalue weighted by Crippen LogP contribution is 2.31. The van der Waals surface area contributed by atoms with E-state index in [9.17, 15) is 9.59 Å². The SMILES string of the molecule is Cc1cc(C(C)(C)C)cc(C)c1N(C)C(=O)C(N)=O. The number of rotatable bonds is 1. The molecule has 0 fully saturated rings. The fraction of sp³-hybridized carbons (Fsp3) is 0.467. The highest BCUT2D eigenvalue weighted by molar-refractivity contribution is 6.39. The summed E-state index contributed by atoms with van der Waals surface area (Å²) in [5, 5.41) is 0. The number of hydrogen-bond acceptors (Lipinski definition) is 2. The molecule has 0 heterocycles. The van der Waals surface area contributed by atoms with Crippen molar-refractivity contribution in [3.8, 4) is 0 Å². The molecule has 2 amide bonds. The van der Waals surface area contributed by atoms with Gasteiger partial charge in [0.1, 0.15) is 0 Å². The number of hydrogen-bond donors (Lipinski definition) is 1. The standard InChI is InChI=1S/C15H22N2O2/c1-9-7-11(15(3,4)5)8-10(2)12(9)17(6)14(19)13(16)18/h7-8H,1-6H3,(H2,16,18). The summed E-state index contributed by atoms with van der Waals surface area (Å²) < 4.78 is 0. The van der Waals surface area contributed by atoms with E-state index >= 15 is 0 Å². The van der Waals surface area contributed by atoms with Gasteiger partial charge in [0.05, 0.1) is 0 Å². The van der Waals surface area contributed by atoms with E-state index in [1.54, 1.807) is 7.05 Å². The Morgan fingerprint density at radius 1 is 1.11 bits per heavy atom. The maximum atomic E-state index is 11.7. The summed E-state index contributed by atoms with van der Waals surface area (Å²) in [6.45, 7) is 10.3. The Bertz CT molecular complexity index is 504. The van der Waals surface area contributed by atoms with E-state index in [4.69, 9.17) is 5.73 Å². The van der Waals surface area contributed by atoms with Crippen molar-refractivity contribution < 1.29 is 9.59 Å². The first-order valence-corrected chi connectivity index (χ1v) is 6.25. The Morgan fingerprint density at radius 2 is 1.53 bits per heavy atom. The van der Waals surface area contributed by atoms with Crippen molar-refractivity contribution in [1.82, 2.24) is 0 Å². The van der Waals surface area contributed by atoms with E-state index < -0.39 is 11.8 Å². The van der Waals surface area contributed by atoms with E-state index in [2.05, 4.69) is 20.8 Å². The monoisotopic (exact) mass is 262 g/mol.